The first-order chi connectivity index (χ1) is 26.4. The number of aromatic amines is 2. The van der Waals surface area contributed by atoms with Crippen molar-refractivity contribution < 1.29 is 26.0 Å². The van der Waals surface area contributed by atoms with Gasteiger partial charge in [-0.25, -0.2) is 21.2 Å². The molecule has 8 rings (SSSR count). The van der Waals surface area contributed by atoms with Crippen LogP contribution in [-0.2, 0) is 20.0 Å². The quantitative estimate of drug-likeness (QED) is 0.113. The van der Waals surface area contributed by atoms with Crippen molar-refractivity contribution in [2.45, 2.75) is 9.79 Å². The molecule has 0 saturated carbocycles. The molecule has 0 atom stereocenters. The molecule has 8 aromatic rings. The van der Waals surface area contributed by atoms with Crippen LogP contribution in [0.15, 0.2) is 143 Å². The van der Waals surface area contributed by atoms with E-state index in [1.165, 1.54) is 31.4 Å². The lowest BCUT2D eigenvalue weighted by atomic mass is 10.0. The molecular formula is C39H29Cl2FN6O5S2. The largest absolute Gasteiger partial charge is 0.497 e. The third kappa shape index (κ3) is 8.12. The summed E-state index contributed by atoms with van der Waals surface area (Å²) in [5.41, 5.74) is 4.61. The number of anilines is 2. The van der Waals surface area contributed by atoms with E-state index in [2.05, 4.69) is 29.8 Å². The summed E-state index contributed by atoms with van der Waals surface area (Å²) in [4.78, 5) is 0.0546. The number of sulfonamides is 2. The first-order valence-electron chi connectivity index (χ1n) is 16.3. The van der Waals surface area contributed by atoms with Crippen LogP contribution in [0, 0.1) is 5.82 Å². The Labute approximate surface area is 325 Å². The second-order valence-electron chi connectivity index (χ2n) is 12.0. The van der Waals surface area contributed by atoms with Gasteiger partial charge in [-0.2, -0.15) is 10.2 Å². The maximum atomic E-state index is 13.1. The Morgan fingerprint density at radius 3 is 1.38 bits per heavy atom. The summed E-state index contributed by atoms with van der Waals surface area (Å²) < 4.78 is 73.7. The molecule has 16 heteroatoms. The zero-order chi connectivity index (χ0) is 38.7. The van der Waals surface area contributed by atoms with Gasteiger partial charge in [-0.3, -0.25) is 19.6 Å². The van der Waals surface area contributed by atoms with Gasteiger partial charge in [-0.1, -0.05) is 83.9 Å². The van der Waals surface area contributed by atoms with Crippen LogP contribution in [0.5, 0.6) is 5.75 Å². The molecule has 6 aromatic carbocycles. The van der Waals surface area contributed by atoms with Gasteiger partial charge in [-0.05, 0) is 83.9 Å². The first kappa shape index (κ1) is 37.4. The first-order valence-corrected chi connectivity index (χ1v) is 20.1. The average molecular weight is 816 g/mol. The Morgan fingerprint density at radius 1 is 0.582 bits per heavy atom. The Balaban J connectivity index is 0.000000169. The van der Waals surface area contributed by atoms with Crippen molar-refractivity contribution >= 4 is 76.7 Å². The molecule has 278 valence electrons. The highest BCUT2D eigenvalue weighted by atomic mass is 35.5. The molecule has 55 heavy (non-hydrogen) atoms. The molecule has 0 aliphatic heterocycles. The summed E-state index contributed by atoms with van der Waals surface area (Å²) in [5, 5.41) is 16.0. The van der Waals surface area contributed by atoms with Crippen LogP contribution in [0.3, 0.4) is 0 Å². The number of rotatable bonds is 9. The zero-order valence-corrected chi connectivity index (χ0v) is 31.7. The molecule has 0 unspecified atom stereocenters. The van der Waals surface area contributed by atoms with Gasteiger partial charge < -0.3 is 4.74 Å². The van der Waals surface area contributed by atoms with Gasteiger partial charge in [0.2, 0.25) is 0 Å². The Hall–Kier alpha value is -5.93. The molecule has 0 aliphatic rings. The number of aromatic nitrogens is 4. The van der Waals surface area contributed by atoms with E-state index in [9.17, 15) is 21.2 Å². The van der Waals surface area contributed by atoms with Gasteiger partial charge in [0.15, 0.2) is 11.6 Å². The van der Waals surface area contributed by atoms with E-state index in [0.29, 0.717) is 37.6 Å². The van der Waals surface area contributed by atoms with Gasteiger partial charge in [0.1, 0.15) is 11.6 Å². The fourth-order valence-electron chi connectivity index (χ4n) is 5.65. The molecule has 0 aliphatic carbocycles. The predicted octanol–water partition coefficient (Wildman–Crippen LogP) is 9.52. The predicted molar refractivity (Wildman–Crippen MR) is 214 cm³/mol. The van der Waals surface area contributed by atoms with Gasteiger partial charge in [0.25, 0.3) is 20.0 Å². The highest BCUT2D eigenvalue weighted by Gasteiger charge is 2.20. The number of halogens is 3. The molecule has 2 heterocycles. The fraction of sp³-hybridized carbons (Fsp3) is 0.0256. The molecular weight excluding hydrogens is 787 g/mol. The van der Waals surface area contributed by atoms with Crippen molar-refractivity contribution in [1.29, 1.82) is 0 Å². The highest BCUT2D eigenvalue weighted by Crippen LogP contribution is 2.36. The Kier molecular flexibility index (Phi) is 10.5. The van der Waals surface area contributed by atoms with Crippen molar-refractivity contribution in [1.82, 2.24) is 20.4 Å². The lowest BCUT2D eigenvalue weighted by molar-refractivity contribution is 0.414. The summed E-state index contributed by atoms with van der Waals surface area (Å²) >= 11 is 12.8. The molecule has 0 bridgehead atoms. The summed E-state index contributed by atoms with van der Waals surface area (Å²) in [5.74, 6) is 0.412. The van der Waals surface area contributed by atoms with Crippen LogP contribution in [0.1, 0.15) is 0 Å². The molecule has 0 amide bonds. The molecule has 4 N–H and O–H groups in total. The van der Waals surface area contributed by atoms with Crippen molar-refractivity contribution in [3.63, 3.8) is 0 Å². The summed E-state index contributed by atoms with van der Waals surface area (Å²) in [6, 6.07) is 36.8. The highest BCUT2D eigenvalue weighted by molar-refractivity contribution is 7.93. The van der Waals surface area contributed by atoms with E-state index in [0.717, 1.165) is 34.4 Å². The van der Waals surface area contributed by atoms with Crippen molar-refractivity contribution in [3.05, 3.63) is 149 Å². The standard InChI is InChI=1S/C20H16ClN3O3S.C19H13ClFN3O2S/c1-27-14-7-9-15(10-8-14)28(25,26)24-20-17-11-16(13-5-3-2-4-6-13)18(21)12-19(17)22-23-20;20-17-11-18-16(10-15(17)12-4-2-1-3-5-12)19(23-22-18)24-27(25,26)14-8-6-13(21)7-9-14/h2-12H,1H3,(H2,22,23,24);1-11H,(H2,22,23,24). The van der Waals surface area contributed by atoms with E-state index in [4.69, 9.17) is 27.9 Å². The monoisotopic (exact) mass is 814 g/mol. The normalized spacial score (nSPS) is 11.6. The number of benzene rings is 6. The number of nitrogens with one attached hydrogen (secondary N) is 4. The SMILES string of the molecule is COc1ccc(S(=O)(=O)Nc2n[nH]c3cc(Cl)c(-c4ccccc4)cc23)cc1.O=S(=O)(Nc1n[nH]c2cc(Cl)c(-c3ccccc3)cc12)c1ccc(F)cc1. The maximum absolute atomic E-state index is 13.1. The smallest absolute Gasteiger partial charge is 0.263 e. The average Bonchev–Trinajstić information content (AvgIpc) is 3.76. The van der Waals surface area contributed by atoms with Crippen molar-refractivity contribution in [3.8, 4) is 28.0 Å². The Morgan fingerprint density at radius 2 is 0.982 bits per heavy atom. The molecule has 0 fully saturated rings. The van der Waals surface area contributed by atoms with E-state index in [1.807, 2.05) is 66.7 Å². The van der Waals surface area contributed by atoms with Crippen LogP contribution in [0.4, 0.5) is 16.0 Å². The van der Waals surface area contributed by atoms with Gasteiger partial charge in [0, 0.05) is 21.9 Å². The lowest BCUT2D eigenvalue weighted by Crippen LogP contribution is -2.13. The van der Waals surface area contributed by atoms with Crippen LogP contribution >= 0.6 is 23.2 Å². The number of methoxy groups -OCH3 is 1. The van der Waals surface area contributed by atoms with E-state index in [-0.39, 0.29) is 21.4 Å². The Bertz CT molecular complexity index is 2860. The molecule has 0 radical (unpaired) electrons. The van der Waals surface area contributed by atoms with Gasteiger partial charge in [0.05, 0.1) is 38.0 Å². The third-order valence-electron chi connectivity index (χ3n) is 8.43. The number of nitrogens with zero attached hydrogens (tertiary/aromatic N) is 2. The third-order valence-corrected chi connectivity index (χ3v) is 11.8. The van der Waals surface area contributed by atoms with E-state index < -0.39 is 25.9 Å². The van der Waals surface area contributed by atoms with Crippen molar-refractivity contribution in [2.24, 2.45) is 0 Å². The minimum Gasteiger partial charge on any atom is -0.497 e. The summed E-state index contributed by atoms with van der Waals surface area (Å²) in [6.45, 7) is 0. The van der Waals surface area contributed by atoms with E-state index >= 15 is 0 Å². The molecule has 0 saturated heterocycles. The molecule has 11 nitrogen and oxygen atoms in total. The van der Waals surface area contributed by atoms with Gasteiger partial charge in [-0.15, -0.1) is 0 Å². The van der Waals surface area contributed by atoms with Gasteiger partial charge >= 0.3 is 0 Å². The lowest BCUT2D eigenvalue weighted by Gasteiger charge is -2.08. The van der Waals surface area contributed by atoms with Crippen LogP contribution in [-0.4, -0.2) is 44.3 Å². The second-order valence-corrected chi connectivity index (χ2v) is 16.2. The molecule has 0 spiro atoms. The van der Waals surface area contributed by atoms with Crippen LogP contribution in [0.2, 0.25) is 10.0 Å². The molecule has 2 aromatic heterocycles. The number of hydrogen-bond donors (Lipinski definition) is 4. The second kappa shape index (κ2) is 15.4. The summed E-state index contributed by atoms with van der Waals surface area (Å²) in [6.07, 6.45) is 0. The number of hydrogen-bond acceptors (Lipinski definition) is 7. The van der Waals surface area contributed by atoms with Crippen molar-refractivity contribution in [2.75, 3.05) is 16.6 Å². The number of ether oxygens (including phenoxy) is 1. The van der Waals surface area contributed by atoms with Crippen LogP contribution in [0.25, 0.3) is 44.1 Å². The maximum Gasteiger partial charge on any atom is 0.263 e. The summed E-state index contributed by atoms with van der Waals surface area (Å²) in [7, 11) is -6.20. The fourth-order valence-corrected chi connectivity index (χ4v) is 8.24. The van der Waals surface area contributed by atoms with E-state index in [1.54, 1.807) is 30.3 Å². The number of fused-ring (bicyclic) bond motifs is 2. The van der Waals surface area contributed by atoms with Crippen LogP contribution < -0.4 is 14.2 Å². The minimum absolute atomic E-state index is 0.0581. The zero-order valence-electron chi connectivity index (χ0n) is 28.6. The topological polar surface area (TPSA) is 159 Å². The minimum atomic E-state index is -3.91. The number of H-pyrrole nitrogens is 2.